The molecule has 1 fully saturated rings. The molecule has 2 heterocycles. The van der Waals surface area contributed by atoms with Crippen LogP contribution < -0.4 is 10.1 Å². The summed E-state index contributed by atoms with van der Waals surface area (Å²) in [6.07, 6.45) is 4.44. The van der Waals surface area contributed by atoms with Crippen LogP contribution in [0.1, 0.15) is 11.1 Å². The van der Waals surface area contributed by atoms with E-state index < -0.39 is 0 Å². The summed E-state index contributed by atoms with van der Waals surface area (Å²) in [5.41, 5.74) is 1.69. The summed E-state index contributed by atoms with van der Waals surface area (Å²) in [6, 6.07) is 16.9. The lowest BCUT2D eigenvalue weighted by molar-refractivity contribution is -0.131. The van der Waals surface area contributed by atoms with E-state index in [1.807, 2.05) is 54.6 Å². The maximum Gasteiger partial charge on any atom is 0.245 e. The molecule has 0 saturated carbocycles. The Kier molecular flexibility index (Phi) is 6.03. The number of benzene rings is 2. The molecule has 1 aromatic heterocycles. The highest BCUT2D eigenvalue weighted by molar-refractivity contribution is 6.13. The van der Waals surface area contributed by atoms with Crippen LogP contribution in [0.3, 0.4) is 0 Å². The van der Waals surface area contributed by atoms with Gasteiger partial charge in [-0.05, 0) is 42.5 Å². The number of para-hydroxylation sites is 1. The standard InChI is InChI=1S/C24H23N5O2/c1-2-22(30)29-14-17(15-29)12-27-24-21(13-26-16-28-24)23(25)18-8-10-20(11-9-18)31-19-6-4-3-5-7-19/h2-11,13,16-17,25H,1,12,14-15H2,(H,26,27,28). The Labute approximate surface area is 180 Å². The Balaban J connectivity index is 1.40. The van der Waals surface area contributed by atoms with Gasteiger partial charge in [-0.2, -0.15) is 0 Å². The maximum atomic E-state index is 11.6. The zero-order chi connectivity index (χ0) is 21.6. The highest BCUT2D eigenvalue weighted by Crippen LogP contribution is 2.24. The molecule has 0 atom stereocenters. The summed E-state index contributed by atoms with van der Waals surface area (Å²) in [4.78, 5) is 21.7. The highest BCUT2D eigenvalue weighted by Gasteiger charge is 2.29. The van der Waals surface area contributed by atoms with Crippen LogP contribution in [-0.2, 0) is 4.79 Å². The smallest absolute Gasteiger partial charge is 0.245 e. The molecule has 156 valence electrons. The molecule has 0 unspecified atom stereocenters. The van der Waals surface area contributed by atoms with Gasteiger partial charge in [0.05, 0.1) is 11.3 Å². The topological polar surface area (TPSA) is 91.2 Å². The Hall–Kier alpha value is -4.00. The molecule has 0 aliphatic carbocycles. The highest BCUT2D eigenvalue weighted by atomic mass is 16.5. The summed E-state index contributed by atoms with van der Waals surface area (Å²) in [5.74, 6) is 2.38. The number of nitrogens with zero attached hydrogens (tertiary/aromatic N) is 3. The lowest BCUT2D eigenvalue weighted by Gasteiger charge is -2.38. The Bertz CT molecular complexity index is 1080. The molecule has 2 N–H and O–H groups in total. The van der Waals surface area contributed by atoms with E-state index in [0.717, 1.165) is 11.3 Å². The number of carbonyl (C=O) groups is 1. The summed E-state index contributed by atoms with van der Waals surface area (Å²) >= 11 is 0. The van der Waals surface area contributed by atoms with Crippen LogP contribution in [0.5, 0.6) is 11.5 Å². The van der Waals surface area contributed by atoms with Crippen LogP contribution in [0.2, 0.25) is 0 Å². The van der Waals surface area contributed by atoms with Gasteiger partial charge in [0.25, 0.3) is 0 Å². The van der Waals surface area contributed by atoms with Gasteiger partial charge in [0.2, 0.25) is 5.91 Å². The van der Waals surface area contributed by atoms with Gasteiger partial charge >= 0.3 is 0 Å². The third-order valence-electron chi connectivity index (χ3n) is 5.11. The average molecular weight is 413 g/mol. The van der Waals surface area contributed by atoms with E-state index in [-0.39, 0.29) is 5.91 Å². The molecule has 0 spiro atoms. The molecule has 1 saturated heterocycles. The zero-order valence-electron chi connectivity index (χ0n) is 17.0. The monoisotopic (exact) mass is 413 g/mol. The van der Waals surface area contributed by atoms with E-state index in [9.17, 15) is 4.79 Å². The first-order valence-corrected chi connectivity index (χ1v) is 10.0. The first-order valence-electron chi connectivity index (χ1n) is 10.0. The molecular formula is C24H23N5O2. The minimum Gasteiger partial charge on any atom is -0.457 e. The number of rotatable bonds is 8. The van der Waals surface area contributed by atoms with Crippen molar-refractivity contribution >= 4 is 17.4 Å². The van der Waals surface area contributed by atoms with Gasteiger partial charge in [-0.3, -0.25) is 10.2 Å². The van der Waals surface area contributed by atoms with Crippen LogP contribution >= 0.6 is 0 Å². The van der Waals surface area contributed by atoms with Gasteiger partial charge in [0.1, 0.15) is 23.6 Å². The molecule has 4 rings (SSSR count). The van der Waals surface area contributed by atoms with Crippen LogP contribution in [0.15, 0.2) is 79.8 Å². The molecule has 31 heavy (non-hydrogen) atoms. The van der Waals surface area contributed by atoms with Crippen LogP contribution in [0.25, 0.3) is 0 Å². The third-order valence-corrected chi connectivity index (χ3v) is 5.11. The average Bonchev–Trinajstić information content (AvgIpc) is 2.79. The van der Waals surface area contributed by atoms with Crippen LogP contribution in [0, 0.1) is 11.3 Å². The summed E-state index contributed by atoms with van der Waals surface area (Å²) in [6.45, 7) is 5.57. The number of likely N-dealkylation sites (tertiary alicyclic amines) is 1. The molecule has 2 aromatic carbocycles. The molecule has 1 aliphatic rings. The van der Waals surface area contributed by atoms with E-state index in [0.29, 0.717) is 48.4 Å². The van der Waals surface area contributed by atoms with E-state index in [1.165, 1.54) is 12.4 Å². The first-order chi connectivity index (χ1) is 15.1. The second-order valence-corrected chi connectivity index (χ2v) is 7.29. The number of anilines is 1. The van der Waals surface area contributed by atoms with Crippen molar-refractivity contribution in [3.05, 3.63) is 90.9 Å². The fourth-order valence-electron chi connectivity index (χ4n) is 3.37. The number of ether oxygens (including phenoxy) is 1. The van der Waals surface area contributed by atoms with Crippen molar-refractivity contribution in [1.82, 2.24) is 14.9 Å². The fraction of sp³-hybridized carbons (Fsp3) is 0.167. The van der Waals surface area contributed by atoms with Crippen LogP contribution in [0.4, 0.5) is 5.82 Å². The van der Waals surface area contributed by atoms with Crippen molar-refractivity contribution in [2.45, 2.75) is 0 Å². The molecule has 3 aromatic rings. The molecule has 7 heteroatoms. The predicted molar refractivity (Wildman–Crippen MR) is 120 cm³/mol. The first kappa shape index (κ1) is 20.3. The minimum atomic E-state index is -0.0413. The van der Waals surface area contributed by atoms with E-state index >= 15 is 0 Å². The Morgan fingerprint density at radius 3 is 2.58 bits per heavy atom. The quantitative estimate of drug-likeness (QED) is 0.434. The lowest BCUT2D eigenvalue weighted by atomic mass is 9.99. The Morgan fingerprint density at radius 1 is 1.16 bits per heavy atom. The second kappa shape index (κ2) is 9.21. The molecule has 7 nitrogen and oxygen atoms in total. The van der Waals surface area contributed by atoms with Crippen molar-refractivity contribution < 1.29 is 9.53 Å². The number of hydrogen-bond acceptors (Lipinski definition) is 6. The van der Waals surface area contributed by atoms with E-state index in [1.54, 1.807) is 11.1 Å². The van der Waals surface area contributed by atoms with Gasteiger partial charge in [-0.1, -0.05) is 24.8 Å². The zero-order valence-corrected chi connectivity index (χ0v) is 17.0. The largest absolute Gasteiger partial charge is 0.457 e. The predicted octanol–water partition coefficient (Wildman–Crippen LogP) is 3.74. The van der Waals surface area contributed by atoms with Crippen molar-refractivity contribution in [3.8, 4) is 11.5 Å². The number of hydrogen-bond donors (Lipinski definition) is 2. The lowest BCUT2D eigenvalue weighted by Crippen LogP contribution is -2.51. The summed E-state index contributed by atoms with van der Waals surface area (Å²) < 4.78 is 5.82. The fourth-order valence-corrected chi connectivity index (χ4v) is 3.37. The molecule has 0 bridgehead atoms. The van der Waals surface area contributed by atoms with Crippen molar-refractivity contribution in [2.24, 2.45) is 5.92 Å². The van der Waals surface area contributed by atoms with Crippen molar-refractivity contribution in [3.63, 3.8) is 0 Å². The van der Waals surface area contributed by atoms with Crippen molar-refractivity contribution in [2.75, 3.05) is 25.0 Å². The van der Waals surface area contributed by atoms with E-state index in [4.69, 9.17) is 10.1 Å². The minimum absolute atomic E-state index is 0.0413. The number of carbonyl (C=O) groups excluding carboxylic acids is 1. The molecule has 0 radical (unpaired) electrons. The Morgan fingerprint density at radius 2 is 1.87 bits per heavy atom. The summed E-state index contributed by atoms with van der Waals surface area (Å²) in [5, 5.41) is 11.9. The summed E-state index contributed by atoms with van der Waals surface area (Å²) in [7, 11) is 0. The number of aromatic nitrogens is 2. The molecule has 1 amide bonds. The van der Waals surface area contributed by atoms with Crippen molar-refractivity contribution in [1.29, 1.82) is 5.41 Å². The van der Waals surface area contributed by atoms with Gasteiger partial charge in [-0.15, -0.1) is 0 Å². The normalized spacial score (nSPS) is 13.2. The van der Waals surface area contributed by atoms with Gasteiger partial charge in [-0.25, -0.2) is 9.97 Å². The molecule has 1 aliphatic heterocycles. The van der Waals surface area contributed by atoms with Gasteiger partial charge < -0.3 is 15.0 Å². The number of amides is 1. The van der Waals surface area contributed by atoms with Crippen LogP contribution in [-0.4, -0.2) is 46.1 Å². The number of nitrogens with one attached hydrogen (secondary N) is 2. The second-order valence-electron chi connectivity index (χ2n) is 7.29. The van der Waals surface area contributed by atoms with Gasteiger partial charge in [0, 0.05) is 37.3 Å². The third kappa shape index (κ3) is 4.78. The molecular weight excluding hydrogens is 390 g/mol. The maximum absolute atomic E-state index is 11.6. The van der Waals surface area contributed by atoms with E-state index in [2.05, 4.69) is 21.9 Å². The van der Waals surface area contributed by atoms with Gasteiger partial charge in [0.15, 0.2) is 0 Å². The SMILES string of the molecule is C=CC(=O)N1CC(CNc2ncncc2C(=N)c2ccc(Oc3ccccc3)cc2)C1.